The zero-order chi connectivity index (χ0) is 23.8. The molecular formula is C26H22Cl2N2O3. The molecule has 0 aliphatic heterocycles. The number of hydrogen-bond acceptors (Lipinski definition) is 4. The van der Waals surface area contributed by atoms with Crippen LogP contribution in [0.3, 0.4) is 0 Å². The van der Waals surface area contributed by atoms with Crippen LogP contribution >= 0.6 is 23.2 Å². The summed E-state index contributed by atoms with van der Waals surface area (Å²) in [5.41, 5.74) is 2.73. The number of methoxy groups -OCH3 is 1. The highest BCUT2D eigenvalue weighted by Gasteiger charge is 2.15. The Kier molecular flexibility index (Phi) is 8.37. The first-order valence-corrected chi connectivity index (χ1v) is 11.0. The molecule has 1 N–H and O–H groups in total. The second kappa shape index (κ2) is 11.4. The van der Waals surface area contributed by atoms with Crippen molar-refractivity contribution < 1.29 is 14.3 Å². The molecule has 0 atom stereocenters. The molecule has 7 heteroatoms. The van der Waals surface area contributed by atoms with Gasteiger partial charge < -0.3 is 14.8 Å². The van der Waals surface area contributed by atoms with Crippen molar-refractivity contribution in [1.29, 1.82) is 5.26 Å². The van der Waals surface area contributed by atoms with E-state index in [1.165, 1.54) is 6.08 Å². The maximum atomic E-state index is 12.6. The molecule has 3 aromatic rings. The van der Waals surface area contributed by atoms with Gasteiger partial charge >= 0.3 is 0 Å². The number of anilines is 1. The van der Waals surface area contributed by atoms with E-state index < -0.39 is 5.91 Å². The molecule has 0 radical (unpaired) electrons. The molecule has 0 fully saturated rings. The summed E-state index contributed by atoms with van der Waals surface area (Å²) in [6.07, 6.45) is 1.95. The first-order valence-electron chi connectivity index (χ1n) is 10.2. The molecule has 0 saturated heterocycles. The van der Waals surface area contributed by atoms with E-state index >= 15 is 0 Å². The maximum absolute atomic E-state index is 12.6. The smallest absolute Gasteiger partial charge is 0.266 e. The van der Waals surface area contributed by atoms with Gasteiger partial charge in [0.05, 0.1) is 13.7 Å². The first-order chi connectivity index (χ1) is 15.9. The van der Waals surface area contributed by atoms with E-state index in [1.54, 1.807) is 43.5 Å². The fourth-order valence-electron chi connectivity index (χ4n) is 3.22. The number of halogens is 2. The number of nitriles is 1. The van der Waals surface area contributed by atoms with Crippen LogP contribution in [0.15, 0.2) is 66.2 Å². The SMILES string of the molecule is CCOc1ccc(NC(=O)/C(C#N)=C/c2cc(Cl)c(Cc3ccccc3Cl)c(OC)c2)cc1. The van der Waals surface area contributed by atoms with E-state index in [0.29, 0.717) is 45.8 Å². The molecule has 0 bridgehead atoms. The van der Waals surface area contributed by atoms with Crippen LogP contribution in [0.2, 0.25) is 10.0 Å². The standard InChI is InChI=1S/C26H22Cl2N2O3/c1-3-33-21-10-8-20(9-11-21)30-26(31)19(16-29)12-17-13-24(28)22(25(14-17)32-2)15-18-6-4-5-7-23(18)27/h4-14H,3,15H2,1-2H3,(H,30,31)/b19-12+. The van der Waals surface area contributed by atoms with E-state index in [-0.39, 0.29) is 5.57 Å². The lowest BCUT2D eigenvalue weighted by atomic mass is 10.0. The van der Waals surface area contributed by atoms with Gasteiger partial charge in [-0.05, 0) is 66.6 Å². The van der Waals surface area contributed by atoms with Gasteiger partial charge in [0.25, 0.3) is 5.91 Å². The lowest BCUT2D eigenvalue weighted by Crippen LogP contribution is -2.13. The Labute approximate surface area is 203 Å². The minimum absolute atomic E-state index is 0.0686. The maximum Gasteiger partial charge on any atom is 0.266 e. The van der Waals surface area contributed by atoms with Crippen LogP contribution in [-0.2, 0) is 11.2 Å². The van der Waals surface area contributed by atoms with E-state index in [2.05, 4.69) is 5.32 Å². The number of carbonyl (C=O) groups is 1. The molecular weight excluding hydrogens is 459 g/mol. The average Bonchev–Trinajstić information content (AvgIpc) is 2.81. The Morgan fingerprint density at radius 1 is 1.09 bits per heavy atom. The van der Waals surface area contributed by atoms with Crippen molar-refractivity contribution in [2.24, 2.45) is 0 Å². The number of nitrogens with zero attached hydrogens (tertiary/aromatic N) is 1. The molecule has 3 aromatic carbocycles. The number of hydrogen-bond donors (Lipinski definition) is 1. The minimum Gasteiger partial charge on any atom is -0.496 e. The van der Waals surface area contributed by atoms with Crippen molar-refractivity contribution in [3.05, 3.63) is 93.0 Å². The summed E-state index contributed by atoms with van der Waals surface area (Å²) in [7, 11) is 1.54. The van der Waals surface area contributed by atoms with Crippen LogP contribution in [0.4, 0.5) is 5.69 Å². The zero-order valence-corrected chi connectivity index (χ0v) is 19.7. The van der Waals surface area contributed by atoms with E-state index in [1.807, 2.05) is 37.3 Å². The molecule has 168 valence electrons. The summed E-state index contributed by atoms with van der Waals surface area (Å²) in [6.45, 7) is 2.44. The molecule has 3 rings (SSSR count). The van der Waals surface area contributed by atoms with Gasteiger partial charge in [0.1, 0.15) is 23.1 Å². The van der Waals surface area contributed by atoms with Gasteiger partial charge in [-0.2, -0.15) is 5.26 Å². The molecule has 33 heavy (non-hydrogen) atoms. The number of amides is 1. The third-order valence-electron chi connectivity index (χ3n) is 4.82. The fraction of sp³-hybridized carbons (Fsp3) is 0.154. The minimum atomic E-state index is -0.531. The van der Waals surface area contributed by atoms with Gasteiger partial charge in [0.15, 0.2) is 0 Å². The van der Waals surface area contributed by atoms with Crippen molar-refractivity contribution in [2.45, 2.75) is 13.3 Å². The summed E-state index contributed by atoms with van der Waals surface area (Å²) in [5.74, 6) is 0.708. The molecule has 5 nitrogen and oxygen atoms in total. The molecule has 0 heterocycles. The highest BCUT2D eigenvalue weighted by molar-refractivity contribution is 6.32. The van der Waals surface area contributed by atoms with Gasteiger partial charge in [0, 0.05) is 27.7 Å². The normalized spacial score (nSPS) is 10.9. The summed E-state index contributed by atoms with van der Waals surface area (Å²) in [4.78, 5) is 12.6. The largest absolute Gasteiger partial charge is 0.496 e. The van der Waals surface area contributed by atoms with Gasteiger partial charge in [-0.1, -0.05) is 41.4 Å². The summed E-state index contributed by atoms with van der Waals surface area (Å²) in [5, 5.41) is 13.3. The highest BCUT2D eigenvalue weighted by Crippen LogP contribution is 2.33. The van der Waals surface area contributed by atoms with E-state index in [4.69, 9.17) is 32.7 Å². The molecule has 0 aromatic heterocycles. The van der Waals surface area contributed by atoms with Crippen molar-refractivity contribution in [3.63, 3.8) is 0 Å². The summed E-state index contributed by atoms with van der Waals surface area (Å²) < 4.78 is 10.9. The van der Waals surface area contributed by atoms with Crippen LogP contribution in [0.25, 0.3) is 6.08 Å². The highest BCUT2D eigenvalue weighted by atomic mass is 35.5. The quantitative estimate of drug-likeness (QED) is 0.293. The summed E-state index contributed by atoms with van der Waals surface area (Å²) in [6, 6.07) is 19.8. The molecule has 0 spiro atoms. The van der Waals surface area contributed by atoms with Crippen LogP contribution in [0, 0.1) is 11.3 Å². The molecule has 0 saturated carbocycles. The Morgan fingerprint density at radius 2 is 1.82 bits per heavy atom. The van der Waals surface area contributed by atoms with Crippen molar-refractivity contribution in [3.8, 4) is 17.6 Å². The second-order valence-corrected chi connectivity index (χ2v) is 7.85. The second-order valence-electron chi connectivity index (χ2n) is 7.03. The van der Waals surface area contributed by atoms with Crippen LogP contribution < -0.4 is 14.8 Å². The Morgan fingerprint density at radius 3 is 2.45 bits per heavy atom. The first kappa shape index (κ1) is 24.2. The predicted octanol–water partition coefficient (Wildman–Crippen LogP) is 6.54. The predicted molar refractivity (Wildman–Crippen MR) is 132 cm³/mol. The topological polar surface area (TPSA) is 71.3 Å². The van der Waals surface area contributed by atoms with Crippen molar-refractivity contribution >= 4 is 40.9 Å². The third kappa shape index (κ3) is 6.29. The van der Waals surface area contributed by atoms with Gasteiger partial charge in [-0.25, -0.2) is 0 Å². The van der Waals surface area contributed by atoms with E-state index in [9.17, 15) is 10.1 Å². The number of benzene rings is 3. The van der Waals surface area contributed by atoms with Crippen LogP contribution in [0.5, 0.6) is 11.5 Å². The molecule has 1 amide bonds. The summed E-state index contributed by atoms with van der Waals surface area (Å²) >= 11 is 12.8. The Bertz CT molecular complexity index is 1220. The van der Waals surface area contributed by atoms with E-state index in [0.717, 1.165) is 11.1 Å². The molecule has 0 aliphatic rings. The molecule has 0 aliphatic carbocycles. The van der Waals surface area contributed by atoms with Gasteiger partial charge in [-0.3, -0.25) is 4.79 Å². The van der Waals surface area contributed by atoms with Crippen LogP contribution in [-0.4, -0.2) is 19.6 Å². The van der Waals surface area contributed by atoms with Gasteiger partial charge in [-0.15, -0.1) is 0 Å². The Balaban J connectivity index is 1.84. The number of rotatable bonds is 8. The lowest BCUT2D eigenvalue weighted by molar-refractivity contribution is -0.112. The number of ether oxygens (including phenoxy) is 2. The lowest BCUT2D eigenvalue weighted by Gasteiger charge is -2.13. The molecule has 0 unspecified atom stereocenters. The zero-order valence-electron chi connectivity index (χ0n) is 18.2. The van der Waals surface area contributed by atoms with Crippen LogP contribution in [0.1, 0.15) is 23.6 Å². The van der Waals surface area contributed by atoms with Crippen molar-refractivity contribution in [2.75, 3.05) is 19.0 Å². The number of nitrogens with one attached hydrogen (secondary N) is 1. The number of carbonyl (C=O) groups excluding carboxylic acids is 1. The van der Waals surface area contributed by atoms with Gasteiger partial charge in [0.2, 0.25) is 0 Å². The monoisotopic (exact) mass is 480 g/mol. The fourth-order valence-corrected chi connectivity index (χ4v) is 3.70. The average molecular weight is 481 g/mol. The Hall–Kier alpha value is -3.46. The third-order valence-corrected chi connectivity index (χ3v) is 5.53. The van der Waals surface area contributed by atoms with Crippen molar-refractivity contribution in [1.82, 2.24) is 0 Å².